The van der Waals surface area contributed by atoms with Gasteiger partial charge in [-0.25, -0.2) is 0 Å². The molecule has 0 atom stereocenters. The van der Waals surface area contributed by atoms with Gasteiger partial charge in [0, 0.05) is 45.8 Å². The number of hydrogen-bond donors (Lipinski definition) is 0. The van der Waals surface area contributed by atoms with Gasteiger partial charge in [0.15, 0.2) is 0 Å². The molecule has 5 rings (SSSR count). The van der Waals surface area contributed by atoms with E-state index in [4.69, 9.17) is 12.8 Å². The van der Waals surface area contributed by atoms with Crippen LogP contribution in [0.3, 0.4) is 0 Å². The van der Waals surface area contributed by atoms with Crippen molar-refractivity contribution in [2.24, 2.45) is 0 Å². The summed E-state index contributed by atoms with van der Waals surface area (Å²) in [4.78, 5) is 53.6. The summed E-state index contributed by atoms with van der Waals surface area (Å²) < 4.78 is 2.64. The Morgan fingerprint density at radius 3 is 1.00 bits per heavy atom. The lowest BCUT2D eigenvalue weighted by Crippen LogP contribution is -2.25. The monoisotopic (exact) mass is 588 g/mol. The molecule has 2 heterocycles. The number of nitrogens with zero attached hydrogens (tertiary/aromatic N) is 2. The number of fused-ring (bicyclic) bond motifs is 4. The summed E-state index contributed by atoms with van der Waals surface area (Å²) in [6, 6.07) is 6.69. The second kappa shape index (κ2) is 13.5. The van der Waals surface area contributed by atoms with Crippen LogP contribution in [0, 0.1) is 24.7 Å². The molecule has 0 saturated carbocycles. The topological polar surface area (TPSA) is 78.1 Å². The first-order chi connectivity index (χ1) is 21.4. The summed E-state index contributed by atoms with van der Waals surface area (Å²) in [6.45, 7) is 5.07. The molecular formula is C38H40N2O4. The van der Waals surface area contributed by atoms with Crippen LogP contribution in [-0.2, 0) is 13.1 Å². The highest BCUT2D eigenvalue weighted by Crippen LogP contribution is 2.35. The van der Waals surface area contributed by atoms with Gasteiger partial charge in [0.05, 0.1) is 21.5 Å². The number of rotatable bonds is 14. The molecule has 2 aromatic heterocycles. The molecule has 0 aliphatic carbocycles. The van der Waals surface area contributed by atoms with Crippen molar-refractivity contribution in [3.63, 3.8) is 0 Å². The molecule has 0 unspecified atom stereocenters. The zero-order valence-electron chi connectivity index (χ0n) is 25.9. The third kappa shape index (κ3) is 5.50. The van der Waals surface area contributed by atoms with Crippen LogP contribution in [0.1, 0.15) is 102 Å². The van der Waals surface area contributed by atoms with E-state index >= 15 is 0 Å². The predicted octanol–water partition coefficient (Wildman–Crippen LogP) is 6.90. The van der Waals surface area contributed by atoms with Crippen molar-refractivity contribution in [2.75, 3.05) is 0 Å². The summed E-state index contributed by atoms with van der Waals surface area (Å²) in [6.07, 6.45) is 24.7. The van der Waals surface area contributed by atoms with Gasteiger partial charge >= 0.3 is 0 Å². The minimum absolute atomic E-state index is 0.310. The molecule has 0 aliphatic heterocycles. The van der Waals surface area contributed by atoms with Gasteiger partial charge in [-0.3, -0.25) is 28.3 Å². The Morgan fingerprint density at radius 2 is 0.727 bits per heavy atom. The van der Waals surface area contributed by atoms with E-state index in [1.54, 1.807) is 24.3 Å². The zero-order chi connectivity index (χ0) is 31.4. The van der Waals surface area contributed by atoms with Gasteiger partial charge in [-0.1, -0.05) is 89.9 Å². The maximum Gasteiger partial charge on any atom is 0.261 e. The molecule has 5 aromatic rings. The minimum atomic E-state index is -0.328. The molecular weight excluding hydrogens is 548 g/mol. The Labute approximate surface area is 257 Å². The Morgan fingerprint density at radius 1 is 0.455 bits per heavy atom. The molecule has 0 radical (unpaired) electrons. The lowest BCUT2D eigenvalue weighted by Gasteiger charge is -2.11. The van der Waals surface area contributed by atoms with Crippen molar-refractivity contribution in [1.29, 1.82) is 0 Å². The lowest BCUT2D eigenvalue weighted by molar-refractivity contribution is 0.547. The predicted molar refractivity (Wildman–Crippen MR) is 183 cm³/mol. The van der Waals surface area contributed by atoms with E-state index < -0.39 is 0 Å². The Balaban J connectivity index is 1.62. The number of terminal acetylenes is 2. The van der Waals surface area contributed by atoms with Gasteiger partial charge in [0.2, 0.25) is 0 Å². The number of aromatic nitrogens is 2. The molecule has 0 saturated heterocycles. The van der Waals surface area contributed by atoms with Crippen molar-refractivity contribution in [3.05, 3.63) is 76.8 Å². The fourth-order valence-electron chi connectivity index (χ4n) is 6.61. The highest BCUT2D eigenvalue weighted by Gasteiger charge is 2.21. The Bertz CT molecular complexity index is 1880. The molecule has 6 nitrogen and oxygen atoms in total. The molecule has 0 aliphatic rings. The summed E-state index contributed by atoms with van der Waals surface area (Å²) in [5.41, 5.74) is -0.360. The van der Waals surface area contributed by atoms with Crippen LogP contribution in [0.25, 0.3) is 43.1 Å². The second-order valence-electron chi connectivity index (χ2n) is 12.0. The smallest absolute Gasteiger partial charge is 0.261 e. The summed E-state index contributed by atoms with van der Waals surface area (Å²) in [5, 5.41) is 3.55. The SMILES string of the molecule is C#Cc1c2cc3c(=O)n(CCCCCCCC)c(=O)c3cc2c(C#C)c2cc3c(=O)n(CCCCCCCC)c(=O)c3cc12. The van der Waals surface area contributed by atoms with E-state index in [2.05, 4.69) is 25.7 Å². The average Bonchev–Trinajstić information content (AvgIpc) is 3.40. The molecule has 0 N–H and O–H groups in total. The van der Waals surface area contributed by atoms with Gasteiger partial charge in [-0.15, -0.1) is 12.8 Å². The molecule has 226 valence electrons. The van der Waals surface area contributed by atoms with Gasteiger partial charge in [0.25, 0.3) is 22.2 Å². The van der Waals surface area contributed by atoms with Crippen molar-refractivity contribution >= 4 is 43.1 Å². The van der Waals surface area contributed by atoms with Crippen LogP contribution in [0.5, 0.6) is 0 Å². The van der Waals surface area contributed by atoms with Crippen molar-refractivity contribution in [1.82, 2.24) is 9.13 Å². The molecule has 3 aromatic carbocycles. The highest BCUT2D eigenvalue weighted by molar-refractivity contribution is 6.15. The molecule has 0 bridgehead atoms. The molecule has 0 spiro atoms. The Hall–Kier alpha value is -4.42. The van der Waals surface area contributed by atoms with E-state index in [-0.39, 0.29) is 22.2 Å². The standard InChI is InChI=1S/C38H40N2O4/c1-5-9-11-13-15-17-19-39-35(41)31-21-27-25(7-3)29-23-33-34(24-30(29)26(8-4)28(27)22-32(31)36(39)42)38(44)40(37(33)43)20-18-16-14-12-10-6-2/h3-4,21-24H,5-6,9-20H2,1-2H3. The van der Waals surface area contributed by atoms with Crippen LogP contribution in [0.4, 0.5) is 0 Å². The van der Waals surface area contributed by atoms with Crippen molar-refractivity contribution in [3.8, 4) is 24.7 Å². The molecule has 6 heteroatoms. The van der Waals surface area contributed by atoms with Crippen LogP contribution >= 0.6 is 0 Å². The van der Waals surface area contributed by atoms with Crippen LogP contribution in [0.15, 0.2) is 43.4 Å². The third-order valence-electron chi connectivity index (χ3n) is 9.05. The molecule has 0 fully saturated rings. The average molecular weight is 589 g/mol. The van der Waals surface area contributed by atoms with Gasteiger partial charge in [-0.05, 0) is 37.1 Å². The normalized spacial score (nSPS) is 11.6. The third-order valence-corrected chi connectivity index (χ3v) is 9.05. The Kier molecular flexibility index (Phi) is 9.50. The molecule has 44 heavy (non-hydrogen) atoms. The first kappa shape index (κ1) is 31.0. The maximum atomic E-state index is 13.4. The van der Waals surface area contributed by atoms with Crippen molar-refractivity contribution < 1.29 is 0 Å². The second-order valence-corrected chi connectivity index (χ2v) is 12.0. The van der Waals surface area contributed by atoms with Crippen molar-refractivity contribution in [2.45, 2.75) is 104 Å². The summed E-state index contributed by atoms with van der Waals surface area (Å²) >= 11 is 0. The van der Waals surface area contributed by atoms with E-state index in [9.17, 15) is 19.2 Å². The largest absolute Gasteiger partial charge is 0.274 e. The zero-order valence-corrected chi connectivity index (χ0v) is 25.9. The highest BCUT2D eigenvalue weighted by atomic mass is 16.2. The first-order valence-electron chi connectivity index (χ1n) is 16.1. The van der Waals surface area contributed by atoms with E-state index in [1.165, 1.54) is 22.0 Å². The van der Waals surface area contributed by atoms with Gasteiger partial charge < -0.3 is 0 Å². The summed E-state index contributed by atoms with van der Waals surface area (Å²) in [5.74, 6) is 5.50. The van der Waals surface area contributed by atoms with Gasteiger partial charge in [-0.2, -0.15) is 0 Å². The van der Waals surface area contributed by atoms with Crippen LogP contribution in [0.2, 0.25) is 0 Å². The van der Waals surface area contributed by atoms with Crippen LogP contribution in [-0.4, -0.2) is 9.13 Å². The number of benzene rings is 3. The van der Waals surface area contributed by atoms with Gasteiger partial charge in [0.1, 0.15) is 0 Å². The summed E-state index contributed by atoms with van der Waals surface area (Å²) in [7, 11) is 0. The fourth-order valence-corrected chi connectivity index (χ4v) is 6.61. The fraction of sp³-hybridized carbons (Fsp3) is 0.421. The first-order valence-corrected chi connectivity index (χ1v) is 16.1. The van der Waals surface area contributed by atoms with Crippen LogP contribution < -0.4 is 22.2 Å². The minimum Gasteiger partial charge on any atom is -0.274 e. The molecule has 0 amide bonds. The quantitative estimate of drug-likeness (QED) is 0.0803. The van der Waals surface area contributed by atoms with E-state index in [0.29, 0.717) is 67.3 Å². The number of hydrogen-bond acceptors (Lipinski definition) is 4. The number of unbranched alkanes of at least 4 members (excludes halogenated alkanes) is 10. The lowest BCUT2D eigenvalue weighted by atomic mass is 9.90. The van der Waals surface area contributed by atoms with E-state index in [0.717, 1.165) is 64.2 Å². The van der Waals surface area contributed by atoms with E-state index in [1.807, 2.05) is 0 Å². The maximum absolute atomic E-state index is 13.4.